The third-order valence-corrected chi connectivity index (χ3v) is 4.36. The fourth-order valence-electron chi connectivity index (χ4n) is 2.33. The first-order valence-corrected chi connectivity index (χ1v) is 7.80. The molecular weight excluding hydrogens is 259 g/mol. The van der Waals surface area contributed by atoms with Crippen LogP contribution >= 0.6 is 7.60 Å². The number of aryl methyl sites for hydroxylation is 2. The average Bonchev–Trinajstić information content (AvgIpc) is 2.38. The predicted molar refractivity (Wildman–Crippen MR) is 77.7 cm³/mol. The van der Waals surface area contributed by atoms with Crippen LogP contribution in [0.5, 0.6) is 0 Å². The minimum absolute atomic E-state index is 0.151. The van der Waals surface area contributed by atoms with E-state index in [1.165, 1.54) is 0 Å². The second-order valence-electron chi connectivity index (χ2n) is 4.53. The van der Waals surface area contributed by atoms with E-state index in [4.69, 9.17) is 0 Å². The normalized spacial score (nSPS) is 11.6. The van der Waals surface area contributed by atoms with E-state index in [-0.39, 0.29) is 5.30 Å². The van der Waals surface area contributed by atoms with Crippen molar-refractivity contribution in [3.8, 4) is 11.1 Å². The molecular formula is C15H17O3P. The quantitative estimate of drug-likeness (QED) is 0.847. The van der Waals surface area contributed by atoms with Crippen molar-refractivity contribution in [1.29, 1.82) is 0 Å². The van der Waals surface area contributed by atoms with Gasteiger partial charge in [0, 0.05) is 5.56 Å². The first-order chi connectivity index (χ1) is 8.95. The van der Waals surface area contributed by atoms with Gasteiger partial charge in [-0.15, -0.1) is 0 Å². The summed E-state index contributed by atoms with van der Waals surface area (Å²) < 4.78 is 11.8. The average molecular weight is 276 g/mol. The number of hydrogen-bond donors (Lipinski definition) is 2. The van der Waals surface area contributed by atoms with Crippen LogP contribution < -0.4 is 5.30 Å². The van der Waals surface area contributed by atoms with Crippen molar-refractivity contribution in [2.45, 2.75) is 20.3 Å². The number of hydrogen-bond acceptors (Lipinski definition) is 1. The van der Waals surface area contributed by atoms with Crippen molar-refractivity contribution in [1.82, 2.24) is 0 Å². The van der Waals surface area contributed by atoms with Crippen LogP contribution in [0.2, 0.25) is 0 Å². The summed E-state index contributed by atoms with van der Waals surface area (Å²) in [6, 6.07) is 13.1. The fraction of sp³-hybridized carbons (Fsp3) is 0.200. The van der Waals surface area contributed by atoms with E-state index in [1.54, 1.807) is 13.0 Å². The van der Waals surface area contributed by atoms with Gasteiger partial charge in [-0.3, -0.25) is 4.57 Å². The fourth-order valence-corrected chi connectivity index (χ4v) is 3.43. The smallest absolute Gasteiger partial charge is 0.321 e. The Labute approximate surface area is 113 Å². The second-order valence-corrected chi connectivity index (χ2v) is 6.06. The van der Waals surface area contributed by atoms with E-state index >= 15 is 0 Å². The molecule has 0 aliphatic carbocycles. The van der Waals surface area contributed by atoms with Gasteiger partial charge in [0.2, 0.25) is 0 Å². The lowest BCUT2D eigenvalue weighted by atomic mass is 9.96. The molecule has 0 spiro atoms. The summed E-state index contributed by atoms with van der Waals surface area (Å²) in [6.45, 7) is 3.72. The zero-order valence-electron chi connectivity index (χ0n) is 11.0. The molecule has 0 aliphatic rings. The van der Waals surface area contributed by atoms with Crippen LogP contribution in [0.4, 0.5) is 0 Å². The van der Waals surface area contributed by atoms with Crippen LogP contribution in [0, 0.1) is 6.92 Å². The topological polar surface area (TPSA) is 57.5 Å². The van der Waals surface area contributed by atoms with Gasteiger partial charge in [0.25, 0.3) is 0 Å². The molecule has 2 rings (SSSR count). The number of benzene rings is 2. The van der Waals surface area contributed by atoms with Gasteiger partial charge in [-0.25, -0.2) is 0 Å². The molecule has 4 heteroatoms. The molecule has 0 bridgehead atoms. The highest BCUT2D eigenvalue weighted by molar-refractivity contribution is 7.60. The lowest BCUT2D eigenvalue weighted by Crippen LogP contribution is -2.14. The predicted octanol–water partition coefficient (Wildman–Crippen LogP) is 3.03. The molecule has 0 aliphatic heterocycles. The van der Waals surface area contributed by atoms with Crippen LogP contribution in [0.3, 0.4) is 0 Å². The molecule has 0 atom stereocenters. The van der Waals surface area contributed by atoms with Crippen molar-refractivity contribution in [3.05, 3.63) is 53.6 Å². The van der Waals surface area contributed by atoms with Crippen LogP contribution in [-0.4, -0.2) is 9.79 Å². The third-order valence-electron chi connectivity index (χ3n) is 3.20. The van der Waals surface area contributed by atoms with E-state index in [9.17, 15) is 14.4 Å². The van der Waals surface area contributed by atoms with E-state index < -0.39 is 7.60 Å². The monoisotopic (exact) mass is 276 g/mol. The third kappa shape index (κ3) is 2.79. The van der Waals surface area contributed by atoms with Gasteiger partial charge in [-0.05, 0) is 30.0 Å². The van der Waals surface area contributed by atoms with Gasteiger partial charge in [-0.1, -0.05) is 49.4 Å². The highest BCUT2D eigenvalue weighted by atomic mass is 31.2. The van der Waals surface area contributed by atoms with Crippen LogP contribution in [-0.2, 0) is 11.0 Å². The van der Waals surface area contributed by atoms with E-state index in [0.29, 0.717) is 11.1 Å². The molecule has 0 amide bonds. The lowest BCUT2D eigenvalue weighted by Gasteiger charge is -2.17. The van der Waals surface area contributed by atoms with E-state index in [0.717, 1.165) is 17.5 Å². The number of rotatable bonds is 3. The van der Waals surface area contributed by atoms with Crippen molar-refractivity contribution in [3.63, 3.8) is 0 Å². The van der Waals surface area contributed by atoms with Gasteiger partial charge < -0.3 is 9.79 Å². The summed E-state index contributed by atoms with van der Waals surface area (Å²) in [5, 5.41) is 0.151. The maximum absolute atomic E-state index is 11.8. The highest BCUT2D eigenvalue weighted by Gasteiger charge is 2.26. The van der Waals surface area contributed by atoms with Crippen molar-refractivity contribution in [2.75, 3.05) is 0 Å². The molecule has 0 fully saturated rings. The summed E-state index contributed by atoms with van der Waals surface area (Å²) in [4.78, 5) is 19.3. The zero-order valence-corrected chi connectivity index (χ0v) is 11.9. The maximum Gasteiger partial charge on any atom is 0.357 e. The molecule has 0 unspecified atom stereocenters. The van der Waals surface area contributed by atoms with Gasteiger partial charge in [0.1, 0.15) is 0 Å². The summed E-state index contributed by atoms with van der Waals surface area (Å²) in [5.41, 5.74) is 3.11. The maximum atomic E-state index is 11.8. The zero-order chi connectivity index (χ0) is 14.0. The largest absolute Gasteiger partial charge is 0.357 e. The Hall–Kier alpha value is -1.41. The van der Waals surface area contributed by atoms with Crippen molar-refractivity contribution in [2.24, 2.45) is 0 Å². The molecule has 0 aromatic heterocycles. The molecule has 19 heavy (non-hydrogen) atoms. The van der Waals surface area contributed by atoms with Crippen LogP contribution in [0.15, 0.2) is 42.5 Å². The summed E-state index contributed by atoms with van der Waals surface area (Å²) >= 11 is 0. The van der Waals surface area contributed by atoms with Crippen LogP contribution in [0.1, 0.15) is 18.1 Å². The van der Waals surface area contributed by atoms with E-state index in [2.05, 4.69) is 0 Å². The Morgan fingerprint density at radius 1 is 1.05 bits per heavy atom. The molecule has 0 heterocycles. The summed E-state index contributed by atoms with van der Waals surface area (Å²) in [5.74, 6) is 0. The molecule has 2 aromatic carbocycles. The molecule has 0 saturated heterocycles. The first kappa shape index (κ1) is 14.0. The van der Waals surface area contributed by atoms with E-state index in [1.807, 2.05) is 43.3 Å². The Balaban J connectivity index is 2.84. The standard InChI is InChI=1S/C15H17O3P/c1-3-12-10-9-11(2)15(19(16,17)18)14(12)13-7-5-4-6-8-13/h4-10H,3H2,1-2H3,(H2,16,17,18). The van der Waals surface area contributed by atoms with Gasteiger partial charge in [0.15, 0.2) is 0 Å². The van der Waals surface area contributed by atoms with Crippen molar-refractivity contribution < 1.29 is 14.4 Å². The van der Waals surface area contributed by atoms with Gasteiger partial charge in [-0.2, -0.15) is 0 Å². The lowest BCUT2D eigenvalue weighted by molar-refractivity contribution is 0.387. The Bertz CT molecular complexity index is 629. The Kier molecular flexibility index (Phi) is 3.91. The molecule has 3 nitrogen and oxygen atoms in total. The second kappa shape index (κ2) is 5.30. The molecule has 2 aromatic rings. The Morgan fingerprint density at radius 3 is 2.21 bits per heavy atom. The molecule has 2 N–H and O–H groups in total. The van der Waals surface area contributed by atoms with Crippen LogP contribution in [0.25, 0.3) is 11.1 Å². The van der Waals surface area contributed by atoms with Gasteiger partial charge in [0.05, 0.1) is 5.30 Å². The minimum Gasteiger partial charge on any atom is -0.321 e. The first-order valence-electron chi connectivity index (χ1n) is 6.19. The molecule has 0 saturated carbocycles. The molecule has 0 radical (unpaired) electrons. The Morgan fingerprint density at radius 2 is 1.68 bits per heavy atom. The summed E-state index contributed by atoms with van der Waals surface area (Å²) in [7, 11) is -4.30. The SMILES string of the molecule is CCc1ccc(C)c(P(=O)(O)O)c1-c1ccccc1. The van der Waals surface area contributed by atoms with Gasteiger partial charge >= 0.3 is 7.60 Å². The highest BCUT2D eigenvalue weighted by Crippen LogP contribution is 2.40. The minimum atomic E-state index is -4.30. The summed E-state index contributed by atoms with van der Waals surface area (Å²) in [6.07, 6.45) is 0.734. The van der Waals surface area contributed by atoms with Crippen molar-refractivity contribution >= 4 is 12.9 Å². The molecule has 100 valence electrons.